The quantitative estimate of drug-likeness (QED) is 0.810. The molecule has 1 N–H and O–H groups in total. The molecular weight excluding hydrogens is 308 g/mol. The van der Waals surface area contributed by atoms with Gasteiger partial charge in [-0.05, 0) is 32.0 Å². The van der Waals surface area contributed by atoms with Gasteiger partial charge < -0.3 is 9.73 Å². The van der Waals surface area contributed by atoms with Crippen LogP contribution in [-0.4, -0.2) is 42.9 Å². The van der Waals surface area contributed by atoms with Crippen molar-refractivity contribution in [1.82, 2.24) is 9.62 Å². The fraction of sp³-hybridized carbons (Fsp3) is 0.714. The van der Waals surface area contributed by atoms with Gasteiger partial charge in [0, 0.05) is 23.6 Å². The molecule has 1 saturated heterocycles. The first-order valence-electron chi connectivity index (χ1n) is 7.39. The van der Waals surface area contributed by atoms with Gasteiger partial charge in [-0.25, -0.2) is 8.42 Å². The predicted octanol–water partition coefficient (Wildman–Crippen LogP) is 2.29. The van der Waals surface area contributed by atoms with Crippen molar-refractivity contribution in [2.75, 3.05) is 18.8 Å². The fourth-order valence-corrected chi connectivity index (χ4v) is 5.27. The molecule has 0 bridgehead atoms. The van der Waals surface area contributed by atoms with Crippen molar-refractivity contribution >= 4 is 21.8 Å². The Bertz CT molecular complexity index is 556. The molecule has 5 nitrogen and oxygen atoms in total. The largest absolute Gasteiger partial charge is 0.447 e. The van der Waals surface area contributed by atoms with Crippen LogP contribution >= 0.6 is 11.8 Å². The van der Waals surface area contributed by atoms with E-state index < -0.39 is 10.0 Å². The number of nitrogens with one attached hydrogen (secondary N) is 1. The van der Waals surface area contributed by atoms with Crippen LogP contribution in [0.15, 0.2) is 21.6 Å². The predicted molar refractivity (Wildman–Crippen MR) is 86.0 cm³/mol. The van der Waals surface area contributed by atoms with Crippen LogP contribution in [0.1, 0.15) is 33.0 Å². The second-order valence-electron chi connectivity index (χ2n) is 5.33. The molecule has 1 fully saturated rings. The number of hydrogen-bond donors (Lipinski definition) is 1. The molecule has 0 amide bonds. The topological polar surface area (TPSA) is 62.6 Å². The minimum absolute atomic E-state index is 0.0134. The Hall–Kier alpha value is -0.500. The second-order valence-corrected chi connectivity index (χ2v) is 8.64. The van der Waals surface area contributed by atoms with E-state index in [-0.39, 0.29) is 11.1 Å². The molecule has 2 heterocycles. The SMILES string of the molecule is CCCNCc1ccc(S(=O)(=O)N2CCSC(C)C2C)o1. The normalized spacial score (nSPS) is 24.3. The highest BCUT2D eigenvalue weighted by molar-refractivity contribution is 8.00. The Morgan fingerprint density at radius 2 is 2.19 bits per heavy atom. The number of sulfonamides is 1. The smallest absolute Gasteiger partial charge is 0.276 e. The zero-order valence-electron chi connectivity index (χ0n) is 12.8. The first-order valence-corrected chi connectivity index (χ1v) is 9.88. The minimum Gasteiger partial charge on any atom is -0.447 e. The summed E-state index contributed by atoms with van der Waals surface area (Å²) in [5.41, 5.74) is 0. The minimum atomic E-state index is -3.53. The zero-order valence-corrected chi connectivity index (χ0v) is 14.5. The molecule has 1 aliphatic rings. The Morgan fingerprint density at radius 3 is 2.90 bits per heavy atom. The monoisotopic (exact) mass is 332 g/mol. The van der Waals surface area contributed by atoms with Crippen molar-refractivity contribution < 1.29 is 12.8 Å². The molecule has 1 aromatic rings. The van der Waals surface area contributed by atoms with E-state index in [0.29, 0.717) is 24.1 Å². The molecule has 7 heteroatoms. The van der Waals surface area contributed by atoms with Gasteiger partial charge in [0.05, 0.1) is 6.54 Å². The van der Waals surface area contributed by atoms with Gasteiger partial charge in [0.1, 0.15) is 5.76 Å². The van der Waals surface area contributed by atoms with Crippen molar-refractivity contribution in [3.05, 3.63) is 17.9 Å². The van der Waals surface area contributed by atoms with Crippen LogP contribution < -0.4 is 5.32 Å². The van der Waals surface area contributed by atoms with Crippen molar-refractivity contribution in [2.24, 2.45) is 0 Å². The van der Waals surface area contributed by atoms with Crippen LogP contribution in [0.25, 0.3) is 0 Å². The highest BCUT2D eigenvalue weighted by atomic mass is 32.2. The lowest BCUT2D eigenvalue weighted by Crippen LogP contribution is -2.47. The lowest BCUT2D eigenvalue weighted by Gasteiger charge is -2.35. The lowest BCUT2D eigenvalue weighted by molar-refractivity contribution is 0.320. The highest BCUT2D eigenvalue weighted by Crippen LogP contribution is 2.29. The third-order valence-corrected chi connectivity index (χ3v) is 6.95. The number of furan rings is 1. The summed E-state index contributed by atoms with van der Waals surface area (Å²) in [4.78, 5) is 0. The molecule has 0 saturated carbocycles. The summed E-state index contributed by atoms with van der Waals surface area (Å²) in [5, 5.41) is 3.56. The number of hydrogen-bond acceptors (Lipinski definition) is 5. The van der Waals surface area contributed by atoms with Gasteiger partial charge >= 0.3 is 0 Å². The summed E-state index contributed by atoms with van der Waals surface area (Å²) in [7, 11) is -3.53. The Kier molecular flexibility index (Phi) is 5.76. The number of nitrogens with zero attached hydrogens (tertiary/aromatic N) is 1. The van der Waals surface area contributed by atoms with Gasteiger partial charge in [0.15, 0.2) is 0 Å². The van der Waals surface area contributed by atoms with E-state index in [1.807, 2.05) is 18.7 Å². The molecule has 1 aromatic heterocycles. The van der Waals surface area contributed by atoms with Crippen molar-refractivity contribution in [1.29, 1.82) is 0 Å². The number of thioether (sulfide) groups is 1. The van der Waals surface area contributed by atoms with Gasteiger partial charge in [-0.2, -0.15) is 16.1 Å². The molecule has 0 spiro atoms. The summed E-state index contributed by atoms with van der Waals surface area (Å²) in [6, 6.07) is 3.29. The van der Waals surface area contributed by atoms with Crippen LogP contribution in [0.5, 0.6) is 0 Å². The first kappa shape index (κ1) is 16.9. The van der Waals surface area contributed by atoms with Gasteiger partial charge in [-0.15, -0.1) is 0 Å². The van der Waals surface area contributed by atoms with Gasteiger partial charge in [-0.1, -0.05) is 13.8 Å². The first-order chi connectivity index (χ1) is 9.96. The molecular formula is C14H24N2O3S2. The van der Waals surface area contributed by atoms with Crippen molar-refractivity contribution in [2.45, 2.75) is 50.1 Å². The second kappa shape index (κ2) is 7.17. The van der Waals surface area contributed by atoms with Crippen LogP contribution in [-0.2, 0) is 16.6 Å². The third kappa shape index (κ3) is 3.83. The Balaban J connectivity index is 2.12. The maximum atomic E-state index is 12.7. The van der Waals surface area contributed by atoms with Crippen molar-refractivity contribution in [3.63, 3.8) is 0 Å². The Labute approximate surface area is 131 Å². The fourth-order valence-electron chi connectivity index (χ4n) is 2.34. The molecule has 0 radical (unpaired) electrons. The number of rotatable bonds is 6. The van der Waals surface area contributed by atoms with E-state index in [9.17, 15) is 8.42 Å². The van der Waals surface area contributed by atoms with E-state index in [1.54, 1.807) is 16.4 Å². The molecule has 2 rings (SSSR count). The third-order valence-electron chi connectivity index (χ3n) is 3.75. The van der Waals surface area contributed by atoms with E-state index in [2.05, 4.69) is 19.2 Å². The standard InChI is InChI=1S/C14H24N2O3S2/c1-4-7-15-10-13-5-6-14(19-13)21(17,18)16-8-9-20-12(3)11(16)2/h5-6,11-12,15H,4,7-10H2,1-3H3. The summed E-state index contributed by atoms with van der Waals surface area (Å²) in [6.07, 6.45) is 1.03. The molecule has 1 aliphatic heterocycles. The highest BCUT2D eigenvalue weighted by Gasteiger charge is 2.36. The van der Waals surface area contributed by atoms with E-state index in [1.165, 1.54) is 0 Å². The zero-order chi connectivity index (χ0) is 15.5. The molecule has 0 aromatic carbocycles. The van der Waals surface area contributed by atoms with Crippen LogP contribution in [0.4, 0.5) is 0 Å². The van der Waals surface area contributed by atoms with E-state index in [0.717, 1.165) is 18.7 Å². The van der Waals surface area contributed by atoms with Gasteiger partial charge in [0.2, 0.25) is 5.09 Å². The summed E-state index contributed by atoms with van der Waals surface area (Å²) >= 11 is 1.81. The summed E-state index contributed by atoms with van der Waals surface area (Å²) in [6.45, 7) is 8.11. The van der Waals surface area contributed by atoms with Crippen LogP contribution in [0.3, 0.4) is 0 Å². The molecule has 120 valence electrons. The lowest BCUT2D eigenvalue weighted by atomic mass is 10.2. The summed E-state index contributed by atoms with van der Waals surface area (Å²) < 4.78 is 32.5. The van der Waals surface area contributed by atoms with E-state index >= 15 is 0 Å². The van der Waals surface area contributed by atoms with Crippen molar-refractivity contribution in [3.8, 4) is 0 Å². The van der Waals surface area contributed by atoms with E-state index in [4.69, 9.17) is 4.42 Å². The van der Waals surface area contributed by atoms with Crippen LogP contribution in [0, 0.1) is 0 Å². The summed E-state index contributed by atoms with van der Waals surface area (Å²) in [5.74, 6) is 1.49. The Morgan fingerprint density at radius 1 is 1.43 bits per heavy atom. The maximum absolute atomic E-state index is 12.7. The molecule has 2 atom stereocenters. The molecule has 0 aliphatic carbocycles. The van der Waals surface area contributed by atoms with Gasteiger partial charge in [0.25, 0.3) is 10.0 Å². The molecule has 2 unspecified atom stereocenters. The van der Waals surface area contributed by atoms with Gasteiger partial charge in [-0.3, -0.25) is 0 Å². The molecule has 21 heavy (non-hydrogen) atoms. The average Bonchev–Trinajstić information content (AvgIpc) is 2.91. The average molecular weight is 332 g/mol. The maximum Gasteiger partial charge on any atom is 0.276 e. The van der Waals surface area contributed by atoms with Crippen LogP contribution in [0.2, 0.25) is 0 Å².